The second-order valence-electron chi connectivity index (χ2n) is 5.22. The van der Waals surface area contributed by atoms with Gasteiger partial charge in [0.15, 0.2) is 0 Å². The maximum absolute atomic E-state index is 11.6. The Morgan fingerprint density at radius 1 is 1.50 bits per heavy atom. The van der Waals surface area contributed by atoms with Gasteiger partial charge in [0.05, 0.1) is 0 Å². The van der Waals surface area contributed by atoms with E-state index in [4.69, 9.17) is 5.73 Å². The van der Waals surface area contributed by atoms with Crippen LogP contribution in [-0.4, -0.2) is 18.5 Å². The van der Waals surface area contributed by atoms with Gasteiger partial charge >= 0.3 is 0 Å². The maximum atomic E-state index is 11.6. The molecule has 0 radical (unpaired) electrons. The highest BCUT2D eigenvalue weighted by Gasteiger charge is 2.45. The van der Waals surface area contributed by atoms with E-state index in [1.807, 2.05) is 19.1 Å². The number of rotatable bonds is 5. The molecule has 1 fully saturated rings. The average Bonchev–Trinajstić information content (AvgIpc) is 3.07. The van der Waals surface area contributed by atoms with Crippen LogP contribution in [0.25, 0.3) is 0 Å². The molecule has 1 aromatic rings. The molecule has 1 aliphatic carbocycles. The molecule has 0 aromatic heterocycles. The zero-order valence-corrected chi connectivity index (χ0v) is 12.2. The Balaban J connectivity index is 1.97. The lowest BCUT2D eigenvalue weighted by atomic mass is 9.96. The van der Waals surface area contributed by atoms with Crippen LogP contribution >= 0.6 is 15.9 Å². The van der Waals surface area contributed by atoms with Gasteiger partial charge in [-0.1, -0.05) is 34.1 Å². The molecule has 4 heteroatoms. The number of carbonyl (C=O) groups excluding carboxylic acids is 1. The molecule has 98 valence electrons. The lowest BCUT2D eigenvalue weighted by Crippen LogP contribution is -2.35. The van der Waals surface area contributed by atoms with Crippen molar-refractivity contribution in [2.45, 2.75) is 37.6 Å². The summed E-state index contributed by atoms with van der Waals surface area (Å²) in [6, 6.07) is 8.17. The molecule has 0 saturated heterocycles. The molecule has 2 rings (SSSR count). The van der Waals surface area contributed by atoms with Gasteiger partial charge in [0, 0.05) is 28.9 Å². The molecule has 0 bridgehead atoms. The summed E-state index contributed by atoms with van der Waals surface area (Å²) in [6.07, 6.45) is 2.66. The first kappa shape index (κ1) is 13.6. The molecule has 0 heterocycles. The Hall–Kier alpha value is -0.870. The van der Waals surface area contributed by atoms with Crippen molar-refractivity contribution < 1.29 is 4.79 Å². The lowest BCUT2D eigenvalue weighted by Gasteiger charge is -2.18. The van der Waals surface area contributed by atoms with Gasteiger partial charge in [0.25, 0.3) is 0 Å². The van der Waals surface area contributed by atoms with Crippen molar-refractivity contribution in [3.05, 3.63) is 34.3 Å². The van der Waals surface area contributed by atoms with E-state index in [1.165, 1.54) is 5.56 Å². The van der Waals surface area contributed by atoms with Gasteiger partial charge in [0.1, 0.15) is 0 Å². The number of hydrogen-bond donors (Lipinski definition) is 2. The Bertz CT molecular complexity index is 441. The molecular formula is C14H19BrN2O. The molecule has 1 aliphatic rings. The number of carbonyl (C=O) groups is 1. The van der Waals surface area contributed by atoms with Crippen LogP contribution in [0.3, 0.4) is 0 Å². The first-order valence-electron chi connectivity index (χ1n) is 6.31. The average molecular weight is 311 g/mol. The van der Waals surface area contributed by atoms with Gasteiger partial charge in [-0.25, -0.2) is 0 Å². The van der Waals surface area contributed by atoms with E-state index >= 15 is 0 Å². The molecule has 0 spiro atoms. The minimum atomic E-state index is -0.0800. The molecule has 1 saturated carbocycles. The topological polar surface area (TPSA) is 55.1 Å². The third-order valence-electron chi connectivity index (χ3n) is 3.43. The molecule has 18 heavy (non-hydrogen) atoms. The van der Waals surface area contributed by atoms with E-state index in [0.29, 0.717) is 13.0 Å². The number of amides is 1. The second-order valence-corrected chi connectivity index (χ2v) is 6.07. The highest BCUT2D eigenvalue weighted by Crippen LogP contribution is 2.49. The largest absolute Gasteiger partial charge is 0.355 e. The smallest absolute Gasteiger partial charge is 0.221 e. The van der Waals surface area contributed by atoms with Crippen LogP contribution in [0.5, 0.6) is 0 Å². The molecule has 1 atom stereocenters. The number of nitrogens with one attached hydrogen (secondary N) is 1. The fourth-order valence-corrected chi connectivity index (χ4v) is 2.92. The summed E-state index contributed by atoms with van der Waals surface area (Å²) in [5.41, 5.74) is 7.05. The molecular weight excluding hydrogens is 292 g/mol. The molecule has 1 amide bonds. The maximum Gasteiger partial charge on any atom is 0.221 e. The Kier molecular flexibility index (Phi) is 4.07. The van der Waals surface area contributed by atoms with Crippen LogP contribution in [0.1, 0.15) is 31.7 Å². The first-order chi connectivity index (χ1) is 8.53. The van der Waals surface area contributed by atoms with Crippen molar-refractivity contribution in [1.29, 1.82) is 0 Å². The minimum absolute atomic E-state index is 0.0447. The van der Waals surface area contributed by atoms with Crippen molar-refractivity contribution in [1.82, 2.24) is 5.32 Å². The summed E-state index contributed by atoms with van der Waals surface area (Å²) in [4.78, 5) is 11.6. The van der Waals surface area contributed by atoms with E-state index in [9.17, 15) is 4.79 Å². The molecule has 3 nitrogen and oxygen atoms in total. The normalized spacial score (nSPS) is 18.2. The van der Waals surface area contributed by atoms with Crippen molar-refractivity contribution in [3.8, 4) is 0 Å². The molecule has 0 aliphatic heterocycles. The van der Waals surface area contributed by atoms with Crippen molar-refractivity contribution in [3.63, 3.8) is 0 Å². The van der Waals surface area contributed by atoms with Gasteiger partial charge in [-0.15, -0.1) is 0 Å². The van der Waals surface area contributed by atoms with E-state index in [0.717, 1.165) is 17.3 Å². The van der Waals surface area contributed by atoms with Gasteiger partial charge in [-0.05, 0) is 31.4 Å². The van der Waals surface area contributed by atoms with Crippen LogP contribution in [0.2, 0.25) is 0 Å². The standard InChI is InChI=1S/C14H19BrN2O/c1-10(16)8-13(18)17-9-14(6-7-14)11-4-2-3-5-12(11)15/h2-5,10H,6-9,16H2,1H3,(H,17,18). The third kappa shape index (κ3) is 3.12. The zero-order chi connectivity index (χ0) is 13.2. The Morgan fingerprint density at radius 2 is 2.17 bits per heavy atom. The summed E-state index contributed by atoms with van der Waals surface area (Å²) in [7, 11) is 0. The van der Waals surface area contributed by atoms with E-state index in [1.54, 1.807) is 0 Å². The monoisotopic (exact) mass is 310 g/mol. The quantitative estimate of drug-likeness (QED) is 0.877. The summed E-state index contributed by atoms with van der Waals surface area (Å²) in [6.45, 7) is 2.56. The van der Waals surface area contributed by atoms with E-state index < -0.39 is 0 Å². The van der Waals surface area contributed by atoms with Crippen LogP contribution in [0.15, 0.2) is 28.7 Å². The number of halogens is 1. The van der Waals surface area contributed by atoms with Gasteiger partial charge < -0.3 is 11.1 Å². The SMILES string of the molecule is CC(N)CC(=O)NCC1(c2ccccc2Br)CC1. The fraction of sp³-hybridized carbons (Fsp3) is 0.500. The van der Waals surface area contributed by atoms with E-state index in [2.05, 4.69) is 33.4 Å². The summed E-state index contributed by atoms with van der Waals surface area (Å²) >= 11 is 3.59. The van der Waals surface area contributed by atoms with Crippen LogP contribution in [0, 0.1) is 0 Å². The van der Waals surface area contributed by atoms with Crippen molar-refractivity contribution >= 4 is 21.8 Å². The number of benzene rings is 1. The predicted molar refractivity (Wildman–Crippen MR) is 76.3 cm³/mol. The highest BCUT2D eigenvalue weighted by molar-refractivity contribution is 9.10. The number of hydrogen-bond acceptors (Lipinski definition) is 2. The van der Waals surface area contributed by atoms with Crippen molar-refractivity contribution in [2.75, 3.05) is 6.54 Å². The summed E-state index contributed by atoms with van der Waals surface area (Å²) < 4.78 is 1.13. The minimum Gasteiger partial charge on any atom is -0.355 e. The lowest BCUT2D eigenvalue weighted by molar-refractivity contribution is -0.121. The highest BCUT2D eigenvalue weighted by atomic mass is 79.9. The third-order valence-corrected chi connectivity index (χ3v) is 4.12. The molecule has 3 N–H and O–H groups in total. The Morgan fingerprint density at radius 3 is 2.72 bits per heavy atom. The molecule has 1 unspecified atom stereocenters. The van der Waals surface area contributed by atoms with Gasteiger partial charge in [-0.2, -0.15) is 0 Å². The molecule has 1 aromatic carbocycles. The summed E-state index contributed by atoms with van der Waals surface area (Å²) in [5.74, 6) is 0.0447. The predicted octanol–water partition coefficient (Wildman–Crippen LogP) is 2.33. The van der Waals surface area contributed by atoms with Crippen molar-refractivity contribution in [2.24, 2.45) is 5.73 Å². The summed E-state index contributed by atoms with van der Waals surface area (Å²) in [5, 5.41) is 3.00. The van der Waals surface area contributed by atoms with Gasteiger partial charge in [-0.3, -0.25) is 4.79 Å². The van der Waals surface area contributed by atoms with Crippen LogP contribution in [0.4, 0.5) is 0 Å². The first-order valence-corrected chi connectivity index (χ1v) is 7.10. The van der Waals surface area contributed by atoms with E-state index in [-0.39, 0.29) is 17.4 Å². The number of nitrogens with two attached hydrogens (primary N) is 1. The second kappa shape index (κ2) is 5.41. The fourth-order valence-electron chi connectivity index (χ4n) is 2.22. The van der Waals surface area contributed by atoms with Crippen LogP contribution < -0.4 is 11.1 Å². The zero-order valence-electron chi connectivity index (χ0n) is 10.6. The van der Waals surface area contributed by atoms with Gasteiger partial charge in [0.2, 0.25) is 5.91 Å². The van der Waals surface area contributed by atoms with Crippen LogP contribution in [-0.2, 0) is 10.2 Å². The Labute approximate surface area is 116 Å².